The van der Waals surface area contributed by atoms with Crippen molar-refractivity contribution in [3.8, 4) is 11.5 Å². The van der Waals surface area contributed by atoms with E-state index in [1.807, 2.05) is 44.2 Å². The maximum atomic E-state index is 14.7. The molecule has 254 valence electrons. The van der Waals surface area contributed by atoms with Gasteiger partial charge in [0.1, 0.15) is 24.1 Å². The fraction of sp³-hybridized carbons (Fsp3) is 0.278. The van der Waals surface area contributed by atoms with Crippen molar-refractivity contribution in [3.63, 3.8) is 0 Å². The summed E-state index contributed by atoms with van der Waals surface area (Å²) in [6, 6.07) is 25.5. The zero-order chi connectivity index (χ0) is 34.8. The van der Waals surface area contributed by atoms with E-state index in [0.29, 0.717) is 22.8 Å². The minimum absolute atomic E-state index is 0.0521. The van der Waals surface area contributed by atoms with Crippen LogP contribution in [0.1, 0.15) is 31.4 Å². The average molecular weight is 713 g/mol. The molecule has 0 spiro atoms. The van der Waals surface area contributed by atoms with Crippen molar-refractivity contribution in [2.24, 2.45) is 0 Å². The van der Waals surface area contributed by atoms with Gasteiger partial charge in [-0.25, -0.2) is 8.42 Å². The Morgan fingerprint density at radius 2 is 1.50 bits per heavy atom. The molecule has 2 atom stereocenters. The van der Waals surface area contributed by atoms with Crippen LogP contribution < -0.4 is 19.1 Å². The van der Waals surface area contributed by atoms with E-state index in [4.69, 9.17) is 32.7 Å². The number of amides is 2. The number of anilines is 1. The van der Waals surface area contributed by atoms with Crippen molar-refractivity contribution in [1.29, 1.82) is 0 Å². The number of carbonyl (C=O) groups is 2. The molecule has 0 aliphatic carbocycles. The number of benzene rings is 4. The van der Waals surface area contributed by atoms with Crippen molar-refractivity contribution in [1.82, 2.24) is 10.2 Å². The lowest BCUT2D eigenvalue weighted by Gasteiger charge is -2.34. The van der Waals surface area contributed by atoms with Crippen LogP contribution in [0.3, 0.4) is 0 Å². The minimum Gasteiger partial charge on any atom is -0.497 e. The molecule has 0 aliphatic rings. The predicted octanol–water partition coefficient (Wildman–Crippen LogP) is 6.76. The van der Waals surface area contributed by atoms with Crippen molar-refractivity contribution in [3.05, 3.63) is 118 Å². The fourth-order valence-corrected chi connectivity index (χ4v) is 6.80. The first-order chi connectivity index (χ1) is 23.0. The van der Waals surface area contributed by atoms with Crippen molar-refractivity contribution >= 4 is 50.7 Å². The van der Waals surface area contributed by atoms with Gasteiger partial charge in [0.25, 0.3) is 10.0 Å². The molecule has 0 unspecified atom stereocenters. The third kappa shape index (κ3) is 9.00. The molecule has 9 nitrogen and oxygen atoms in total. The largest absolute Gasteiger partial charge is 0.497 e. The summed E-state index contributed by atoms with van der Waals surface area (Å²) in [5.74, 6) is -0.278. The Labute approximate surface area is 292 Å². The molecular weight excluding hydrogens is 673 g/mol. The van der Waals surface area contributed by atoms with Gasteiger partial charge >= 0.3 is 0 Å². The topological polar surface area (TPSA) is 105 Å². The molecule has 0 aromatic heterocycles. The van der Waals surface area contributed by atoms with Crippen LogP contribution in [0.25, 0.3) is 0 Å². The van der Waals surface area contributed by atoms with Crippen LogP contribution in [0.4, 0.5) is 5.69 Å². The number of hydrogen-bond donors (Lipinski definition) is 1. The third-order valence-corrected chi connectivity index (χ3v) is 10.4. The summed E-state index contributed by atoms with van der Waals surface area (Å²) in [5, 5.41) is 3.63. The molecule has 4 aromatic carbocycles. The monoisotopic (exact) mass is 711 g/mol. The molecule has 0 radical (unpaired) electrons. The Balaban J connectivity index is 1.85. The maximum Gasteiger partial charge on any atom is 0.264 e. The van der Waals surface area contributed by atoms with Crippen molar-refractivity contribution in [2.45, 2.75) is 50.2 Å². The van der Waals surface area contributed by atoms with Gasteiger partial charge in [0.05, 0.1) is 34.8 Å². The zero-order valence-electron chi connectivity index (χ0n) is 27.2. The molecule has 1 N–H and O–H groups in total. The van der Waals surface area contributed by atoms with Crippen LogP contribution in [0, 0.1) is 0 Å². The molecule has 12 heteroatoms. The molecule has 0 aliphatic heterocycles. The summed E-state index contributed by atoms with van der Waals surface area (Å²) in [7, 11) is -1.44. The molecule has 0 fully saturated rings. The van der Waals surface area contributed by atoms with Gasteiger partial charge in [0.15, 0.2) is 0 Å². The second-order valence-corrected chi connectivity index (χ2v) is 13.8. The summed E-state index contributed by atoms with van der Waals surface area (Å²) in [5.41, 5.74) is 1.58. The fourth-order valence-electron chi connectivity index (χ4n) is 5.05. The van der Waals surface area contributed by atoms with E-state index < -0.39 is 28.5 Å². The Kier molecular flexibility index (Phi) is 12.7. The Morgan fingerprint density at radius 1 is 0.833 bits per heavy atom. The summed E-state index contributed by atoms with van der Waals surface area (Å²) >= 11 is 12.6. The quantitative estimate of drug-likeness (QED) is 0.146. The number of halogens is 2. The van der Waals surface area contributed by atoms with E-state index >= 15 is 0 Å². The lowest BCUT2D eigenvalue weighted by atomic mass is 10.0. The lowest BCUT2D eigenvalue weighted by molar-refractivity contribution is -0.140. The summed E-state index contributed by atoms with van der Waals surface area (Å²) in [4.78, 5) is 30.0. The van der Waals surface area contributed by atoms with E-state index in [1.54, 1.807) is 42.5 Å². The molecule has 4 rings (SSSR count). The van der Waals surface area contributed by atoms with Gasteiger partial charge in [-0.1, -0.05) is 78.7 Å². The first-order valence-electron chi connectivity index (χ1n) is 15.4. The van der Waals surface area contributed by atoms with E-state index in [0.717, 1.165) is 9.87 Å². The first kappa shape index (κ1) is 36.6. The highest BCUT2D eigenvalue weighted by atomic mass is 35.5. The van der Waals surface area contributed by atoms with Gasteiger partial charge in [-0.2, -0.15) is 0 Å². The number of sulfonamides is 1. The molecule has 48 heavy (non-hydrogen) atoms. The summed E-state index contributed by atoms with van der Waals surface area (Å²) < 4.78 is 40.4. The normalized spacial score (nSPS) is 12.5. The maximum absolute atomic E-state index is 14.7. The first-order valence-corrected chi connectivity index (χ1v) is 17.6. The Bertz CT molecular complexity index is 1810. The molecule has 0 heterocycles. The van der Waals surface area contributed by atoms with Gasteiger partial charge in [-0.05, 0) is 73.0 Å². The van der Waals surface area contributed by atoms with Gasteiger partial charge in [-0.3, -0.25) is 13.9 Å². The highest BCUT2D eigenvalue weighted by Gasteiger charge is 2.36. The number of nitrogens with one attached hydrogen (secondary N) is 1. The third-order valence-electron chi connectivity index (χ3n) is 7.89. The number of hydrogen-bond acceptors (Lipinski definition) is 6. The van der Waals surface area contributed by atoms with E-state index in [9.17, 15) is 18.0 Å². The molecular formula is C36H39Cl2N3O6S. The molecule has 0 bridgehead atoms. The molecule has 0 saturated heterocycles. The lowest BCUT2D eigenvalue weighted by Crippen LogP contribution is -2.54. The standard InChI is InChI=1S/C36H39Cl2N3O6S/c1-5-25(2)39-36(43)33(22-26-11-7-6-8-12-26)40(23-27-15-20-30(37)31(38)21-27)35(42)24-41(32-13-9-10-14-34(32)47-4)48(44,45)29-18-16-28(46-3)17-19-29/h6-21,25,33H,5,22-24H2,1-4H3,(H,39,43)/t25-,33-/m1/s1. The second kappa shape index (κ2) is 16.7. The second-order valence-electron chi connectivity index (χ2n) is 11.2. The van der Waals surface area contributed by atoms with E-state index in [1.165, 1.54) is 43.4 Å². The summed E-state index contributed by atoms with van der Waals surface area (Å²) in [6.45, 7) is 3.14. The number of para-hydroxylation sites is 2. The highest BCUT2D eigenvalue weighted by molar-refractivity contribution is 7.92. The van der Waals surface area contributed by atoms with Gasteiger partial charge in [-0.15, -0.1) is 0 Å². The number of carbonyl (C=O) groups excluding carboxylic acids is 2. The van der Waals surface area contributed by atoms with Crippen LogP contribution in [0.5, 0.6) is 11.5 Å². The minimum atomic E-state index is -4.34. The van der Waals surface area contributed by atoms with Crippen LogP contribution in [0.15, 0.2) is 102 Å². The number of nitrogens with zero attached hydrogens (tertiary/aromatic N) is 2. The zero-order valence-corrected chi connectivity index (χ0v) is 29.6. The van der Waals surface area contributed by atoms with E-state index in [-0.39, 0.29) is 46.3 Å². The van der Waals surface area contributed by atoms with Gasteiger partial charge in [0.2, 0.25) is 11.8 Å². The number of methoxy groups -OCH3 is 2. The Morgan fingerprint density at radius 3 is 2.12 bits per heavy atom. The van der Waals surface area contributed by atoms with Crippen molar-refractivity contribution in [2.75, 3.05) is 25.1 Å². The smallest absolute Gasteiger partial charge is 0.264 e. The van der Waals surface area contributed by atoms with Crippen molar-refractivity contribution < 1.29 is 27.5 Å². The van der Waals surface area contributed by atoms with Crippen LogP contribution >= 0.6 is 23.2 Å². The van der Waals surface area contributed by atoms with Crippen LogP contribution in [0.2, 0.25) is 10.0 Å². The molecule has 0 saturated carbocycles. The highest BCUT2D eigenvalue weighted by Crippen LogP contribution is 2.33. The van der Waals surface area contributed by atoms with Crippen LogP contribution in [-0.2, 0) is 32.6 Å². The summed E-state index contributed by atoms with van der Waals surface area (Å²) in [6.07, 6.45) is 0.849. The van der Waals surface area contributed by atoms with Crippen LogP contribution in [-0.4, -0.2) is 58.0 Å². The number of rotatable bonds is 15. The predicted molar refractivity (Wildman–Crippen MR) is 189 cm³/mol. The molecule has 4 aromatic rings. The van der Waals surface area contributed by atoms with Gasteiger partial charge in [0, 0.05) is 19.0 Å². The van der Waals surface area contributed by atoms with E-state index in [2.05, 4.69) is 5.32 Å². The Hall–Kier alpha value is -4.25. The SMILES string of the molecule is CC[C@@H](C)NC(=O)[C@@H](Cc1ccccc1)N(Cc1ccc(Cl)c(Cl)c1)C(=O)CN(c1ccccc1OC)S(=O)(=O)c1ccc(OC)cc1. The average Bonchev–Trinajstić information content (AvgIpc) is 3.10. The molecule has 2 amide bonds. The number of ether oxygens (including phenoxy) is 2. The van der Waals surface area contributed by atoms with Gasteiger partial charge < -0.3 is 19.7 Å².